The third-order valence-electron chi connectivity index (χ3n) is 4.60. The van der Waals surface area contributed by atoms with E-state index in [2.05, 4.69) is 15.3 Å². The third-order valence-corrected chi connectivity index (χ3v) is 4.60. The number of aryl methyl sites for hydroxylation is 1. The van der Waals surface area contributed by atoms with Crippen molar-refractivity contribution in [2.45, 2.75) is 13.5 Å². The first kappa shape index (κ1) is 18.7. The monoisotopic (exact) mass is 389 g/mol. The molecule has 0 amide bonds. The molecule has 0 aliphatic heterocycles. The molecule has 0 atom stereocenters. The largest absolute Gasteiger partial charge is 0.493 e. The summed E-state index contributed by atoms with van der Waals surface area (Å²) < 4.78 is 24.9. The van der Waals surface area contributed by atoms with Crippen LogP contribution in [0.25, 0.3) is 10.9 Å². The van der Waals surface area contributed by atoms with E-state index in [1.165, 1.54) is 18.5 Å². The van der Waals surface area contributed by atoms with Gasteiger partial charge in [-0.15, -0.1) is 0 Å². The van der Waals surface area contributed by atoms with Gasteiger partial charge in [0.1, 0.15) is 24.6 Å². The number of hydrogen-bond acceptors (Lipinski definition) is 5. The van der Waals surface area contributed by atoms with Crippen molar-refractivity contribution in [1.29, 1.82) is 0 Å². The number of benzene rings is 3. The van der Waals surface area contributed by atoms with E-state index in [0.717, 1.165) is 22.2 Å². The number of fused-ring (bicyclic) bond motifs is 1. The Kier molecular flexibility index (Phi) is 5.24. The van der Waals surface area contributed by atoms with Gasteiger partial charge in [0, 0.05) is 17.1 Å². The average Bonchev–Trinajstić information content (AvgIpc) is 2.74. The molecule has 5 nitrogen and oxygen atoms in total. The van der Waals surface area contributed by atoms with Crippen molar-refractivity contribution in [3.63, 3.8) is 0 Å². The molecule has 4 aromatic rings. The van der Waals surface area contributed by atoms with Gasteiger partial charge >= 0.3 is 0 Å². The van der Waals surface area contributed by atoms with E-state index in [1.54, 1.807) is 13.2 Å². The van der Waals surface area contributed by atoms with Crippen molar-refractivity contribution < 1.29 is 13.9 Å². The van der Waals surface area contributed by atoms with Crippen LogP contribution in [-0.2, 0) is 6.61 Å². The number of anilines is 2. The molecule has 1 aromatic heterocycles. The molecule has 0 saturated carbocycles. The molecule has 1 heterocycles. The van der Waals surface area contributed by atoms with Gasteiger partial charge in [-0.05, 0) is 42.3 Å². The van der Waals surface area contributed by atoms with Crippen LogP contribution in [0.3, 0.4) is 0 Å². The number of halogens is 1. The van der Waals surface area contributed by atoms with Gasteiger partial charge in [0.05, 0.1) is 12.6 Å². The summed E-state index contributed by atoms with van der Waals surface area (Å²) in [5.41, 5.74) is 3.33. The van der Waals surface area contributed by atoms with Crippen LogP contribution in [-0.4, -0.2) is 17.1 Å². The zero-order valence-electron chi connectivity index (χ0n) is 16.1. The summed E-state index contributed by atoms with van der Waals surface area (Å²) in [5, 5.41) is 4.03. The van der Waals surface area contributed by atoms with Gasteiger partial charge in [-0.3, -0.25) is 0 Å². The lowest BCUT2D eigenvalue weighted by molar-refractivity contribution is 0.285. The van der Waals surface area contributed by atoms with Crippen molar-refractivity contribution in [2.75, 3.05) is 12.4 Å². The smallest absolute Gasteiger partial charge is 0.163 e. The van der Waals surface area contributed by atoms with E-state index in [1.807, 2.05) is 49.4 Å². The maximum atomic E-state index is 13.4. The molecule has 0 spiro atoms. The quantitative estimate of drug-likeness (QED) is 0.478. The summed E-state index contributed by atoms with van der Waals surface area (Å²) in [5.74, 6) is 1.52. The zero-order chi connectivity index (χ0) is 20.2. The molecular weight excluding hydrogens is 369 g/mol. The van der Waals surface area contributed by atoms with Crippen LogP contribution in [0.1, 0.15) is 11.1 Å². The van der Waals surface area contributed by atoms with E-state index in [-0.39, 0.29) is 5.82 Å². The van der Waals surface area contributed by atoms with E-state index >= 15 is 0 Å². The zero-order valence-corrected chi connectivity index (χ0v) is 16.1. The fraction of sp³-hybridized carbons (Fsp3) is 0.130. The molecule has 29 heavy (non-hydrogen) atoms. The SMILES string of the molecule is COc1cc2c(Nc3ccc(F)cc3C)ncnc2cc1OCc1ccccc1. The highest BCUT2D eigenvalue weighted by Crippen LogP contribution is 2.35. The lowest BCUT2D eigenvalue weighted by atomic mass is 10.1. The summed E-state index contributed by atoms with van der Waals surface area (Å²) in [6.45, 7) is 2.26. The molecule has 3 aromatic carbocycles. The fourth-order valence-electron chi connectivity index (χ4n) is 3.07. The number of hydrogen-bond donors (Lipinski definition) is 1. The Labute approximate surface area is 168 Å². The standard InChI is InChI=1S/C23H20FN3O2/c1-15-10-17(24)8-9-19(15)27-23-18-11-21(28-2)22(12-20(18)25-14-26-23)29-13-16-6-4-3-5-7-16/h3-12,14H,13H2,1-2H3,(H,25,26,27). The average molecular weight is 389 g/mol. The second-order valence-corrected chi connectivity index (χ2v) is 6.60. The van der Waals surface area contributed by atoms with Crippen LogP contribution in [0.2, 0.25) is 0 Å². The second kappa shape index (κ2) is 8.14. The van der Waals surface area contributed by atoms with Crippen molar-refractivity contribution in [2.24, 2.45) is 0 Å². The Balaban J connectivity index is 1.67. The normalized spacial score (nSPS) is 10.7. The van der Waals surface area contributed by atoms with E-state index < -0.39 is 0 Å². The number of ether oxygens (including phenoxy) is 2. The topological polar surface area (TPSA) is 56.3 Å². The van der Waals surface area contributed by atoms with Crippen LogP contribution in [0.5, 0.6) is 11.5 Å². The molecule has 0 fully saturated rings. The Bertz CT molecular complexity index is 1150. The Morgan fingerprint density at radius 2 is 1.79 bits per heavy atom. The molecule has 6 heteroatoms. The van der Waals surface area contributed by atoms with E-state index in [4.69, 9.17) is 9.47 Å². The predicted molar refractivity (Wildman–Crippen MR) is 111 cm³/mol. The minimum atomic E-state index is -0.275. The Morgan fingerprint density at radius 1 is 0.966 bits per heavy atom. The van der Waals surface area contributed by atoms with Crippen molar-refractivity contribution in [1.82, 2.24) is 9.97 Å². The second-order valence-electron chi connectivity index (χ2n) is 6.60. The first-order chi connectivity index (χ1) is 14.1. The molecule has 0 unspecified atom stereocenters. The Hall–Kier alpha value is -3.67. The number of methoxy groups -OCH3 is 1. The molecule has 4 rings (SSSR count). The first-order valence-electron chi connectivity index (χ1n) is 9.16. The number of rotatable bonds is 6. The fourth-order valence-corrected chi connectivity index (χ4v) is 3.07. The summed E-state index contributed by atoms with van der Waals surface area (Å²) in [6.07, 6.45) is 1.48. The van der Waals surface area contributed by atoms with Crippen molar-refractivity contribution >= 4 is 22.4 Å². The molecule has 0 aliphatic rings. The van der Waals surface area contributed by atoms with Gasteiger partial charge in [0.2, 0.25) is 0 Å². The molecule has 0 aliphatic carbocycles. The van der Waals surface area contributed by atoms with Crippen LogP contribution >= 0.6 is 0 Å². The van der Waals surface area contributed by atoms with Crippen LogP contribution < -0.4 is 14.8 Å². The lowest BCUT2D eigenvalue weighted by Gasteiger charge is -2.14. The molecule has 0 saturated heterocycles. The first-order valence-corrected chi connectivity index (χ1v) is 9.16. The maximum Gasteiger partial charge on any atom is 0.163 e. The summed E-state index contributed by atoms with van der Waals surface area (Å²) >= 11 is 0. The Morgan fingerprint density at radius 3 is 2.55 bits per heavy atom. The van der Waals surface area contributed by atoms with Crippen LogP contribution in [0, 0.1) is 12.7 Å². The van der Waals surface area contributed by atoms with E-state index in [9.17, 15) is 4.39 Å². The van der Waals surface area contributed by atoms with Gasteiger partial charge in [0.25, 0.3) is 0 Å². The molecule has 0 radical (unpaired) electrons. The number of nitrogens with one attached hydrogen (secondary N) is 1. The minimum absolute atomic E-state index is 0.275. The van der Waals surface area contributed by atoms with Crippen LogP contribution in [0.4, 0.5) is 15.9 Å². The van der Waals surface area contributed by atoms with Gasteiger partial charge in [0.15, 0.2) is 11.5 Å². The van der Waals surface area contributed by atoms with Crippen molar-refractivity contribution in [3.05, 3.63) is 83.9 Å². The van der Waals surface area contributed by atoms with Gasteiger partial charge < -0.3 is 14.8 Å². The van der Waals surface area contributed by atoms with Gasteiger partial charge in [-0.2, -0.15) is 0 Å². The van der Waals surface area contributed by atoms with Crippen LogP contribution in [0.15, 0.2) is 67.0 Å². The maximum absolute atomic E-state index is 13.4. The molecular formula is C23H20FN3O2. The third kappa shape index (κ3) is 4.11. The molecule has 0 bridgehead atoms. The summed E-state index contributed by atoms with van der Waals surface area (Å²) in [6, 6.07) is 18.2. The summed E-state index contributed by atoms with van der Waals surface area (Å²) in [7, 11) is 1.59. The minimum Gasteiger partial charge on any atom is -0.493 e. The number of aromatic nitrogens is 2. The van der Waals surface area contributed by atoms with Gasteiger partial charge in [-0.1, -0.05) is 30.3 Å². The highest BCUT2D eigenvalue weighted by Gasteiger charge is 2.13. The lowest BCUT2D eigenvalue weighted by Crippen LogP contribution is -2.01. The highest BCUT2D eigenvalue weighted by molar-refractivity contribution is 5.93. The predicted octanol–water partition coefficient (Wildman–Crippen LogP) is 5.41. The highest BCUT2D eigenvalue weighted by atomic mass is 19.1. The van der Waals surface area contributed by atoms with Gasteiger partial charge in [-0.25, -0.2) is 14.4 Å². The molecule has 1 N–H and O–H groups in total. The number of nitrogens with zero attached hydrogens (tertiary/aromatic N) is 2. The summed E-state index contributed by atoms with van der Waals surface area (Å²) in [4.78, 5) is 8.72. The van der Waals surface area contributed by atoms with E-state index in [0.29, 0.717) is 29.4 Å². The molecule has 146 valence electrons. The van der Waals surface area contributed by atoms with Crippen molar-refractivity contribution in [3.8, 4) is 11.5 Å².